The van der Waals surface area contributed by atoms with Crippen LogP contribution in [0.4, 0.5) is 4.79 Å². The van der Waals surface area contributed by atoms with Gasteiger partial charge in [0, 0.05) is 12.1 Å². The van der Waals surface area contributed by atoms with Gasteiger partial charge in [-0.2, -0.15) is 0 Å². The van der Waals surface area contributed by atoms with Crippen molar-refractivity contribution in [2.24, 2.45) is 0 Å². The molecule has 0 saturated carbocycles. The summed E-state index contributed by atoms with van der Waals surface area (Å²) in [7, 11) is 2.83. The number of likely N-dealkylation sites (N-methyl/N-ethyl adjacent to an activating group) is 1. The minimum absolute atomic E-state index is 0.435. The highest BCUT2D eigenvalue weighted by Crippen LogP contribution is 2.19. The first-order valence-corrected chi connectivity index (χ1v) is 7.08. The van der Waals surface area contributed by atoms with E-state index in [-0.39, 0.29) is 0 Å². The fourth-order valence-electron chi connectivity index (χ4n) is 1.64. The average molecular weight is 329 g/mol. The van der Waals surface area contributed by atoms with Crippen molar-refractivity contribution in [3.05, 3.63) is 34.9 Å². The Morgan fingerprint density at radius 1 is 1.23 bits per heavy atom. The predicted molar refractivity (Wildman–Crippen MR) is 83.3 cm³/mol. The number of amides is 2. The molecule has 0 heterocycles. The van der Waals surface area contributed by atoms with Gasteiger partial charge >= 0.3 is 6.09 Å². The second kappa shape index (κ2) is 7.47. The molecule has 1 rings (SSSR count). The van der Waals surface area contributed by atoms with Crippen molar-refractivity contribution in [3.8, 4) is 0 Å². The first-order valence-electron chi connectivity index (χ1n) is 6.70. The van der Waals surface area contributed by atoms with Gasteiger partial charge in [-0.25, -0.2) is 9.86 Å². The van der Waals surface area contributed by atoms with Crippen LogP contribution in [0.3, 0.4) is 0 Å². The molecule has 1 atom stereocenters. The van der Waals surface area contributed by atoms with Gasteiger partial charge in [-0.15, -0.1) is 0 Å². The number of hydroxylamine groups is 2. The van der Waals surface area contributed by atoms with Crippen LogP contribution in [-0.2, 0) is 14.4 Å². The van der Waals surface area contributed by atoms with Gasteiger partial charge in [-0.05, 0) is 38.5 Å². The second-order valence-corrected chi connectivity index (χ2v) is 6.09. The number of carbonyl (C=O) groups is 2. The molecule has 0 aliphatic rings. The Morgan fingerprint density at radius 3 is 2.23 bits per heavy atom. The first-order chi connectivity index (χ1) is 10.1. The van der Waals surface area contributed by atoms with E-state index in [9.17, 15) is 9.59 Å². The van der Waals surface area contributed by atoms with E-state index < -0.39 is 23.6 Å². The van der Waals surface area contributed by atoms with E-state index in [1.807, 2.05) is 0 Å². The number of hydrogen-bond donors (Lipinski definition) is 1. The maximum Gasteiger partial charge on any atom is 0.408 e. The van der Waals surface area contributed by atoms with E-state index in [0.717, 1.165) is 5.06 Å². The molecular formula is C15H21ClN2O4. The Morgan fingerprint density at radius 2 is 1.77 bits per heavy atom. The average Bonchev–Trinajstić information content (AvgIpc) is 2.42. The molecule has 0 spiro atoms. The Bertz CT molecular complexity index is 525. The number of hydrogen-bond acceptors (Lipinski definition) is 4. The highest BCUT2D eigenvalue weighted by Gasteiger charge is 2.28. The SMILES string of the molecule is CON(C)C(=O)C(NC(=O)OC(C)(C)C)c1ccc(Cl)cc1. The monoisotopic (exact) mass is 328 g/mol. The number of halogens is 1. The van der Waals surface area contributed by atoms with Crippen molar-refractivity contribution in [3.63, 3.8) is 0 Å². The highest BCUT2D eigenvalue weighted by molar-refractivity contribution is 6.30. The molecule has 1 aromatic carbocycles. The third-order valence-corrected chi connectivity index (χ3v) is 2.95. The standard InChI is InChI=1S/C15H21ClN2O4/c1-15(2,3)22-14(20)17-12(13(19)18(4)21-5)10-6-8-11(16)9-7-10/h6-9,12H,1-5H3,(H,17,20). The number of alkyl carbamates (subject to hydrolysis) is 1. The summed E-state index contributed by atoms with van der Waals surface area (Å²) in [6.07, 6.45) is -0.690. The van der Waals surface area contributed by atoms with E-state index in [0.29, 0.717) is 10.6 Å². The van der Waals surface area contributed by atoms with Gasteiger partial charge < -0.3 is 10.1 Å². The second-order valence-electron chi connectivity index (χ2n) is 5.65. The van der Waals surface area contributed by atoms with Crippen molar-refractivity contribution in [2.45, 2.75) is 32.4 Å². The van der Waals surface area contributed by atoms with Gasteiger partial charge in [0.25, 0.3) is 5.91 Å². The third-order valence-electron chi connectivity index (χ3n) is 2.70. The molecule has 1 N–H and O–H groups in total. The maximum atomic E-state index is 12.4. The summed E-state index contributed by atoms with van der Waals surface area (Å²) in [4.78, 5) is 29.2. The van der Waals surface area contributed by atoms with Crippen LogP contribution in [0.25, 0.3) is 0 Å². The fourth-order valence-corrected chi connectivity index (χ4v) is 1.77. The lowest BCUT2D eigenvalue weighted by Crippen LogP contribution is -2.42. The van der Waals surface area contributed by atoms with Crippen LogP contribution in [0.1, 0.15) is 32.4 Å². The number of benzene rings is 1. The van der Waals surface area contributed by atoms with E-state index in [4.69, 9.17) is 21.2 Å². The van der Waals surface area contributed by atoms with Crippen LogP contribution in [0.2, 0.25) is 5.02 Å². The molecule has 0 aliphatic carbocycles. The molecule has 122 valence electrons. The molecule has 7 heteroatoms. The zero-order valence-electron chi connectivity index (χ0n) is 13.3. The Hall–Kier alpha value is -1.79. The van der Waals surface area contributed by atoms with Crippen LogP contribution >= 0.6 is 11.6 Å². The molecular weight excluding hydrogens is 308 g/mol. The van der Waals surface area contributed by atoms with Gasteiger partial charge in [0.15, 0.2) is 0 Å². The van der Waals surface area contributed by atoms with E-state index in [1.165, 1.54) is 14.2 Å². The minimum Gasteiger partial charge on any atom is -0.444 e. The summed E-state index contributed by atoms with van der Waals surface area (Å²) in [6.45, 7) is 5.23. The molecule has 0 fully saturated rings. The smallest absolute Gasteiger partial charge is 0.408 e. The Balaban J connectivity index is 2.99. The van der Waals surface area contributed by atoms with Crippen molar-refractivity contribution in [1.29, 1.82) is 0 Å². The predicted octanol–water partition coefficient (Wildman–Crippen LogP) is 2.93. The molecule has 1 unspecified atom stereocenters. The third kappa shape index (κ3) is 5.54. The number of nitrogens with one attached hydrogen (secondary N) is 1. The number of carbonyl (C=O) groups excluding carboxylic acids is 2. The quantitative estimate of drug-likeness (QED) is 0.863. The van der Waals surface area contributed by atoms with Gasteiger partial charge in [0.05, 0.1) is 7.11 Å². The van der Waals surface area contributed by atoms with Gasteiger partial charge in [0.2, 0.25) is 0 Å². The molecule has 22 heavy (non-hydrogen) atoms. The Kier molecular flexibility index (Phi) is 6.20. The zero-order chi connectivity index (χ0) is 16.9. The lowest BCUT2D eigenvalue weighted by molar-refractivity contribution is -0.171. The fraction of sp³-hybridized carbons (Fsp3) is 0.467. The zero-order valence-corrected chi connectivity index (χ0v) is 14.1. The summed E-state index contributed by atoms with van der Waals surface area (Å²) < 4.78 is 5.19. The molecule has 2 amide bonds. The number of ether oxygens (including phenoxy) is 1. The van der Waals surface area contributed by atoms with E-state index in [1.54, 1.807) is 45.0 Å². The van der Waals surface area contributed by atoms with Gasteiger partial charge in [-0.3, -0.25) is 9.63 Å². The first kappa shape index (κ1) is 18.3. The number of rotatable bonds is 4. The lowest BCUT2D eigenvalue weighted by Gasteiger charge is -2.25. The van der Waals surface area contributed by atoms with Crippen LogP contribution in [0, 0.1) is 0 Å². The summed E-state index contributed by atoms with van der Waals surface area (Å²) in [5.74, 6) is -0.435. The molecule has 1 aromatic rings. The molecule has 0 saturated heterocycles. The van der Waals surface area contributed by atoms with Crippen LogP contribution in [0.15, 0.2) is 24.3 Å². The highest BCUT2D eigenvalue weighted by atomic mass is 35.5. The van der Waals surface area contributed by atoms with Gasteiger partial charge in [0.1, 0.15) is 11.6 Å². The van der Waals surface area contributed by atoms with Crippen LogP contribution in [0.5, 0.6) is 0 Å². The minimum atomic E-state index is -0.933. The van der Waals surface area contributed by atoms with Gasteiger partial charge in [-0.1, -0.05) is 23.7 Å². The molecule has 0 aliphatic heterocycles. The normalized spacial score (nSPS) is 12.5. The lowest BCUT2D eigenvalue weighted by atomic mass is 10.1. The molecule has 0 radical (unpaired) electrons. The topological polar surface area (TPSA) is 67.9 Å². The summed E-state index contributed by atoms with van der Waals surface area (Å²) >= 11 is 5.85. The van der Waals surface area contributed by atoms with Crippen LogP contribution in [-0.4, -0.2) is 36.8 Å². The van der Waals surface area contributed by atoms with E-state index in [2.05, 4.69) is 5.32 Å². The largest absolute Gasteiger partial charge is 0.444 e. The van der Waals surface area contributed by atoms with Crippen molar-refractivity contribution in [1.82, 2.24) is 10.4 Å². The summed E-state index contributed by atoms with van der Waals surface area (Å²) in [6, 6.07) is 5.66. The van der Waals surface area contributed by atoms with Crippen molar-refractivity contribution in [2.75, 3.05) is 14.2 Å². The molecule has 6 nitrogen and oxygen atoms in total. The Labute approximate surface area is 135 Å². The summed E-state index contributed by atoms with van der Waals surface area (Å²) in [5, 5.41) is 4.12. The van der Waals surface area contributed by atoms with E-state index >= 15 is 0 Å². The number of nitrogens with zero attached hydrogens (tertiary/aromatic N) is 1. The molecule has 0 aromatic heterocycles. The molecule has 0 bridgehead atoms. The van der Waals surface area contributed by atoms with Crippen molar-refractivity contribution < 1.29 is 19.2 Å². The van der Waals surface area contributed by atoms with Crippen LogP contribution < -0.4 is 5.32 Å². The summed E-state index contributed by atoms with van der Waals surface area (Å²) in [5.41, 5.74) is -0.0886. The van der Waals surface area contributed by atoms with Crippen molar-refractivity contribution >= 4 is 23.6 Å². The maximum absolute atomic E-state index is 12.4.